The van der Waals surface area contributed by atoms with Crippen LogP contribution in [0.15, 0.2) is 18.2 Å². The van der Waals surface area contributed by atoms with Crippen LogP contribution in [0.2, 0.25) is 0 Å². The Labute approximate surface area is 152 Å². The molecule has 1 aliphatic carbocycles. The number of alkyl halides is 3. The van der Waals surface area contributed by atoms with Crippen LogP contribution >= 0.6 is 0 Å². The second-order valence-corrected chi connectivity index (χ2v) is 6.58. The van der Waals surface area contributed by atoms with E-state index in [0.717, 1.165) is 12.0 Å². The van der Waals surface area contributed by atoms with Gasteiger partial charge in [-0.2, -0.15) is 18.4 Å². The first kappa shape index (κ1) is 20.4. The summed E-state index contributed by atoms with van der Waals surface area (Å²) in [6.07, 6.45) is -1.33. The van der Waals surface area contributed by atoms with Gasteiger partial charge >= 0.3 is 6.18 Å². The van der Waals surface area contributed by atoms with Crippen molar-refractivity contribution in [1.82, 2.24) is 5.32 Å². The molecule has 4 nitrogen and oxygen atoms in total. The average Bonchev–Trinajstić information content (AvgIpc) is 2.63. The number of nitriles is 1. The molecule has 1 N–H and O–H groups in total. The van der Waals surface area contributed by atoms with Gasteiger partial charge in [0.25, 0.3) is 0 Å². The van der Waals surface area contributed by atoms with Crippen molar-refractivity contribution in [1.29, 1.82) is 5.26 Å². The van der Waals surface area contributed by atoms with Gasteiger partial charge < -0.3 is 14.8 Å². The third-order valence-electron chi connectivity index (χ3n) is 4.65. The molecule has 1 fully saturated rings. The molecule has 0 heterocycles. The molecule has 0 aromatic heterocycles. The van der Waals surface area contributed by atoms with E-state index in [1.807, 2.05) is 12.1 Å². The third-order valence-corrected chi connectivity index (χ3v) is 4.65. The molecular weight excluding hydrogens is 345 g/mol. The topological polar surface area (TPSA) is 54.3 Å². The van der Waals surface area contributed by atoms with E-state index in [1.54, 1.807) is 13.2 Å². The summed E-state index contributed by atoms with van der Waals surface area (Å²) in [6.45, 7) is 0.893. The molecule has 2 unspecified atom stereocenters. The highest BCUT2D eigenvalue weighted by atomic mass is 19.4. The maximum atomic E-state index is 12.9. The SMILES string of the molecule is COc1ccc(CNC2CCCC(C(F)(F)F)C2)cc1OCCCC#N. The molecule has 0 radical (unpaired) electrons. The monoisotopic (exact) mass is 370 g/mol. The quantitative estimate of drug-likeness (QED) is 0.680. The number of benzene rings is 1. The fourth-order valence-electron chi connectivity index (χ4n) is 3.21. The summed E-state index contributed by atoms with van der Waals surface area (Å²) in [4.78, 5) is 0. The van der Waals surface area contributed by atoms with Crippen LogP contribution in [0.5, 0.6) is 11.5 Å². The zero-order valence-electron chi connectivity index (χ0n) is 14.9. The average molecular weight is 370 g/mol. The standard InChI is InChI=1S/C19H25F3N2O2/c1-25-17-8-7-14(11-18(17)26-10-3-2-9-23)13-24-16-6-4-5-15(12-16)19(20,21)22/h7-8,11,15-16,24H,2-6,10,12-13H2,1H3. The summed E-state index contributed by atoms with van der Waals surface area (Å²) in [5, 5.41) is 11.8. The van der Waals surface area contributed by atoms with Gasteiger partial charge in [-0.15, -0.1) is 0 Å². The molecule has 0 saturated heterocycles. The van der Waals surface area contributed by atoms with E-state index in [9.17, 15) is 13.2 Å². The normalized spacial score (nSPS) is 20.4. The Bertz CT molecular complexity index is 614. The minimum Gasteiger partial charge on any atom is -0.493 e. The highest BCUT2D eigenvalue weighted by molar-refractivity contribution is 5.43. The maximum Gasteiger partial charge on any atom is 0.391 e. The Kier molecular flexibility index (Phi) is 7.58. The predicted octanol–water partition coefficient (Wildman–Crippen LogP) is 4.59. The number of ether oxygens (including phenoxy) is 2. The third kappa shape index (κ3) is 6.10. The van der Waals surface area contributed by atoms with E-state index in [1.165, 1.54) is 0 Å². The summed E-state index contributed by atoms with van der Waals surface area (Å²) < 4.78 is 49.7. The first-order valence-electron chi connectivity index (χ1n) is 8.90. The van der Waals surface area contributed by atoms with Gasteiger partial charge in [0.05, 0.1) is 25.7 Å². The van der Waals surface area contributed by atoms with Crippen molar-refractivity contribution in [3.8, 4) is 17.6 Å². The van der Waals surface area contributed by atoms with Crippen molar-refractivity contribution in [2.45, 2.75) is 57.3 Å². The molecule has 26 heavy (non-hydrogen) atoms. The van der Waals surface area contributed by atoms with Gasteiger partial charge in [0.15, 0.2) is 11.5 Å². The van der Waals surface area contributed by atoms with Gasteiger partial charge in [0.2, 0.25) is 0 Å². The van der Waals surface area contributed by atoms with Crippen molar-refractivity contribution in [2.24, 2.45) is 5.92 Å². The van der Waals surface area contributed by atoms with E-state index in [4.69, 9.17) is 14.7 Å². The van der Waals surface area contributed by atoms with Gasteiger partial charge in [-0.1, -0.05) is 12.5 Å². The zero-order chi connectivity index (χ0) is 19.0. The smallest absolute Gasteiger partial charge is 0.391 e. The molecule has 1 aromatic rings. The van der Waals surface area contributed by atoms with E-state index in [0.29, 0.717) is 43.9 Å². The zero-order valence-corrected chi connectivity index (χ0v) is 14.9. The summed E-state index contributed by atoms with van der Waals surface area (Å²) in [6, 6.07) is 7.43. The van der Waals surface area contributed by atoms with Gasteiger partial charge in [-0.25, -0.2) is 0 Å². The molecule has 0 aliphatic heterocycles. The summed E-state index contributed by atoms with van der Waals surface area (Å²) >= 11 is 0. The second kappa shape index (κ2) is 9.67. The Balaban J connectivity index is 1.91. The van der Waals surface area contributed by atoms with Crippen molar-refractivity contribution in [3.05, 3.63) is 23.8 Å². The highest BCUT2D eigenvalue weighted by Gasteiger charge is 2.41. The van der Waals surface area contributed by atoms with Gasteiger partial charge in [0, 0.05) is 19.0 Å². The fraction of sp³-hybridized carbons (Fsp3) is 0.632. The fourth-order valence-corrected chi connectivity index (χ4v) is 3.21. The van der Waals surface area contributed by atoms with Gasteiger partial charge in [-0.05, 0) is 43.4 Å². The first-order chi connectivity index (χ1) is 12.4. The second-order valence-electron chi connectivity index (χ2n) is 6.58. The molecular formula is C19H25F3N2O2. The van der Waals surface area contributed by atoms with Crippen LogP contribution in [-0.2, 0) is 6.54 Å². The van der Waals surface area contributed by atoms with Crippen LogP contribution < -0.4 is 14.8 Å². The number of nitrogens with one attached hydrogen (secondary N) is 1. The van der Waals surface area contributed by atoms with Crippen LogP contribution in [0.1, 0.15) is 44.1 Å². The van der Waals surface area contributed by atoms with Crippen LogP contribution in [0, 0.1) is 17.2 Å². The molecule has 144 valence electrons. The molecule has 1 saturated carbocycles. The van der Waals surface area contributed by atoms with Crippen LogP contribution in [0.3, 0.4) is 0 Å². The van der Waals surface area contributed by atoms with E-state index in [-0.39, 0.29) is 18.9 Å². The van der Waals surface area contributed by atoms with Crippen LogP contribution in [0.4, 0.5) is 13.2 Å². The highest BCUT2D eigenvalue weighted by Crippen LogP contribution is 2.37. The lowest BCUT2D eigenvalue weighted by atomic mass is 9.85. The van der Waals surface area contributed by atoms with Crippen molar-refractivity contribution in [2.75, 3.05) is 13.7 Å². The molecule has 2 atom stereocenters. The Morgan fingerprint density at radius 3 is 2.77 bits per heavy atom. The minimum absolute atomic E-state index is 0.127. The number of halogens is 3. The molecule has 2 rings (SSSR count). The molecule has 0 bridgehead atoms. The lowest BCUT2D eigenvalue weighted by molar-refractivity contribution is -0.183. The van der Waals surface area contributed by atoms with Crippen molar-refractivity contribution in [3.63, 3.8) is 0 Å². The molecule has 1 aliphatic rings. The minimum atomic E-state index is -4.11. The summed E-state index contributed by atoms with van der Waals surface area (Å²) in [5.41, 5.74) is 0.926. The molecule has 1 aromatic carbocycles. The Morgan fingerprint density at radius 1 is 1.27 bits per heavy atom. The van der Waals surface area contributed by atoms with E-state index >= 15 is 0 Å². The van der Waals surface area contributed by atoms with Gasteiger partial charge in [0.1, 0.15) is 0 Å². The maximum absolute atomic E-state index is 12.9. The van der Waals surface area contributed by atoms with E-state index < -0.39 is 12.1 Å². The lowest BCUT2D eigenvalue weighted by Crippen LogP contribution is -2.38. The van der Waals surface area contributed by atoms with E-state index in [2.05, 4.69) is 11.4 Å². The van der Waals surface area contributed by atoms with Gasteiger partial charge in [-0.3, -0.25) is 0 Å². The molecule has 0 spiro atoms. The number of unbranched alkanes of at least 4 members (excludes halogenated alkanes) is 1. The number of hydrogen-bond donors (Lipinski definition) is 1. The number of rotatable bonds is 8. The number of methoxy groups -OCH3 is 1. The van der Waals surface area contributed by atoms with Crippen LogP contribution in [-0.4, -0.2) is 25.9 Å². The predicted molar refractivity (Wildman–Crippen MR) is 92.0 cm³/mol. The van der Waals surface area contributed by atoms with Crippen molar-refractivity contribution >= 4 is 0 Å². The Hall–Kier alpha value is -1.94. The summed E-state index contributed by atoms with van der Waals surface area (Å²) in [7, 11) is 1.55. The number of nitrogens with zero attached hydrogens (tertiary/aromatic N) is 1. The van der Waals surface area contributed by atoms with Crippen molar-refractivity contribution < 1.29 is 22.6 Å². The molecule has 7 heteroatoms. The van der Waals surface area contributed by atoms with Crippen LogP contribution in [0.25, 0.3) is 0 Å². The number of hydrogen-bond acceptors (Lipinski definition) is 4. The lowest BCUT2D eigenvalue weighted by Gasteiger charge is -2.31. The largest absolute Gasteiger partial charge is 0.493 e. The Morgan fingerprint density at radius 2 is 2.08 bits per heavy atom. The first-order valence-corrected chi connectivity index (χ1v) is 8.90. The molecule has 0 amide bonds. The summed E-state index contributed by atoms with van der Waals surface area (Å²) in [5.74, 6) is -0.0225.